The van der Waals surface area contributed by atoms with E-state index in [2.05, 4.69) is 30.0 Å². The van der Waals surface area contributed by atoms with Gasteiger partial charge in [0.1, 0.15) is 0 Å². The Morgan fingerprint density at radius 3 is 2.14 bits per heavy atom. The van der Waals surface area contributed by atoms with Crippen molar-refractivity contribution >= 4 is 13.4 Å². The second-order valence-corrected chi connectivity index (χ2v) is 1.11. The molecule has 0 N–H and O–H groups in total. The molecule has 2 heteroatoms. The molecule has 0 aromatic rings. The van der Waals surface area contributed by atoms with E-state index in [1.807, 2.05) is 0 Å². The van der Waals surface area contributed by atoms with E-state index in [-0.39, 0.29) is 0 Å². The molecule has 0 heterocycles. The molecule has 7 heavy (non-hydrogen) atoms. The van der Waals surface area contributed by atoms with Crippen LogP contribution in [0.5, 0.6) is 0 Å². The van der Waals surface area contributed by atoms with Crippen LogP contribution in [0.3, 0.4) is 0 Å². The number of hydrogen-bond acceptors (Lipinski definition) is 2. The molecule has 0 amide bonds. The van der Waals surface area contributed by atoms with Crippen LogP contribution >= 0.6 is 0 Å². The highest BCUT2D eigenvalue weighted by molar-refractivity contribution is 5.30. The van der Waals surface area contributed by atoms with Gasteiger partial charge >= 0.3 is 0 Å². The van der Waals surface area contributed by atoms with Gasteiger partial charge in [0.25, 0.3) is 0 Å². The third kappa shape index (κ3) is 2.89. The van der Waals surface area contributed by atoms with Gasteiger partial charge in [0.05, 0.1) is 12.2 Å². The average molecular weight is 96.1 g/mol. The third-order valence-electron chi connectivity index (χ3n) is 0.518. The molecule has 0 rings (SSSR count). The SMILES string of the molecule is C=NCC(=C)N=C. The van der Waals surface area contributed by atoms with Crippen molar-refractivity contribution in [3.05, 3.63) is 12.3 Å². The predicted molar refractivity (Wildman–Crippen MR) is 33.1 cm³/mol. The van der Waals surface area contributed by atoms with Crippen molar-refractivity contribution in [3.8, 4) is 0 Å². The van der Waals surface area contributed by atoms with E-state index in [1.165, 1.54) is 0 Å². The standard InChI is InChI=1S/C5H8N2/c1-5(7-3)4-6-2/h1-4H2. The smallest absolute Gasteiger partial charge is 0.0798 e. The van der Waals surface area contributed by atoms with Gasteiger partial charge in [0.2, 0.25) is 0 Å². The number of aliphatic imine (C=N–C) groups is 2. The molecule has 0 atom stereocenters. The Labute approximate surface area is 43.3 Å². The van der Waals surface area contributed by atoms with E-state index in [0.717, 1.165) is 0 Å². The van der Waals surface area contributed by atoms with E-state index in [9.17, 15) is 0 Å². The minimum Gasteiger partial charge on any atom is -0.295 e. The van der Waals surface area contributed by atoms with Gasteiger partial charge in [-0.15, -0.1) is 0 Å². The van der Waals surface area contributed by atoms with Crippen LogP contribution in [0.1, 0.15) is 0 Å². The summed E-state index contributed by atoms with van der Waals surface area (Å²) in [5.41, 5.74) is 0.662. The summed E-state index contributed by atoms with van der Waals surface area (Å²) >= 11 is 0. The fourth-order valence-corrected chi connectivity index (χ4v) is 0.179. The monoisotopic (exact) mass is 96.1 g/mol. The van der Waals surface area contributed by atoms with Gasteiger partial charge < -0.3 is 0 Å². The Bertz CT molecular complexity index is 94.3. The summed E-state index contributed by atoms with van der Waals surface area (Å²) in [6.45, 7) is 10.5. The Hall–Kier alpha value is -0.920. The van der Waals surface area contributed by atoms with Crippen LogP contribution in [-0.2, 0) is 0 Å². The summed E-state index contributed by atoms with van der Waals surface area (Å²) in [5.74, 6) is 0. The largest absolute Gasteiger partial charge is 0.295 e. The zero-order chi connectivity index (χ0) is 5.70. The first-order valence-corrected chi connectivity index (χ1v) is 1.88. The maximum Gasteiger partial charge on any atom is 0.0798 e. The first-order chi connectivity index (χ1) is 3.31. The molecule has 0 bridgehead atoms. The van der Waals surface area contributed by atoms with E-state index < -0.39 is 0 Å². The van der Waals surface area contributed by atoms with Gasteiger partial charge in [-0.05, 0) is 13.4 Å². The molecule has 0 aromatic heterocycles. The predicted octanol–water partition coefficient (Wildman–Crippen LogP) is 0.901. The lowest BCUT2D eigenvalue weighted by Gasteiger charge is -1.85. The summed E-state index contributed by atoms with van der Waals surface area (Å²) < 4.78 is 0. The topological polar surface area (TPSA) is 24.7 Å². The van der Waals surface area contributed by atoms with Crippen LogP contribution in [0.15, 0.2) is 22.3 Å². The zero-order valence-corrected chi connectivity index (χ0v) is 4.22. The Balaban J connectivity index is 3.36. The lowest BCUT2D eigenvalue weighted by Crippen LogP contribution is -1.77. The molecular weight excluding hydrogens is 88.1 g/mol. The van der Waals surface area contributed by atoms with Crippen molar-refractivity contribution in [2.45, 2.75) is 0 Å². The van der Waals surface area contributed by atoms with Crippen molar-refractivity contribution < 1.29 is 0 Å². The first kappa shape index (κ1) is 6.08. The third-order valence-corrected chi connectivity index (χ3v) is 0.518. The quantitative estimate of drug-likeness (QED) is 0.466. The highest BCUT2D eigenvalue weighted by Gasteiger charge is 1.78. The van der Waals surface area contributed by atoms with Gasteiger partial charge in [-0.1, -0.05) is 6.58 Å². The van der Waals surface area contributed by atoms with E-state index in [4.69, 9.17) is 0 Å². The van der Waals surface area contributed by atoms with Crippen molar-refractivity contribution in [1.29, 1.82) is 0 Å². The molecule has 0 aliphatic heterocycles. The normalized spacial score (nSPS) is 7.43. The van der Waals surface area contributed by atoms with Crippen molar-refractivity contribution in [3.63, 3.8) is 0 Å². The van der Waals surface area contributed by atoms with Crippen LogP contribution in [0, 0.1) is 0 Å². The number of nitrogens with zero attached hydrogens (tertiary/aromatic N) is 2. The maximum atomic E-state index is 3.52. The van der Waals surface area contributed by atoms with Gasteiger partial charge in [0.15, 0.2) is 0 Å². The molecule has 38 valence electrons. The van der Waals surface area contributed by atoms with Crippen molar-refractivity contribution in [2.75, 3.05) is 6.54 Å². The highest BCUT2D eigenvalue weighted by Crippen LogP contribution is 1.87. The molecule has 0 fully saturated rings. The fraction of sp³-hybridized carbons (Fsp3) is 0.200. The minimum absolute atomic E-state index is 0.490. The van der Waals surface area contributed by atoms with E-state index in [0.29, 0.717) is 12.2 Å². The second kappa shape index (κ2) is 3.28. The van der Waals surface area contributed by atoms with Crippen molar-refractivity contribution in [1.82, 2.24) is 0 Å². The molecule has 0 aliphatic rings. The van der Waals surface area contributed by atoms with Crippen LogP contribution in [0.4, 0.5) is 0 Å². The van der Waals surface area contributed by atoms with Crippen LogP contribution in [-0.4, -0.2) is 20.0 Å². The summed E-state index contributed by atoms with van der Waals surface area (Å²) in [4.78, 5) is 7.02. The zero-order valence-electron chi connectivity index (χ0n) is 4.22. The highest BCUT2D eigenvalue weighted by atomic mass is 14.8. The molecular formula is C5H8N2. The van der Waals surface area contributed by atoms with Crippen LogP contribution in [0.25, 0.3) is 0 Å². The van der Waals surface area contributed by atoms with Gasteiger partial charge in [-0.3, -0.25) is 9.98 Å². The number of rotatable bonds is 3. The summed E-state index contributed by atoms with van der Waals surface area (Å²) in [6, 6.07) is 0. The van der Waals surface area contributed by atoms with E-state index >= 15 is 0 Å². The second-order valence-electron chi connectivity index (χ2n) is 1.11. The Kier molecular flexibility index (Phi) is 2.85. The fourth-order valence-electron chi connectivity index (χ4n) is 0.179. The molecule has 0 saturated heterocycles. The summed E-state index contributed by atoms with van der Waals surface area (Å²) in [6.07, 6.45) is 0. The Morgan fingerprint density at radius 2 is 2.00 bits per heavy atom. The lowest BCUT2D eigenvalue weighted by atomic mass is 10.5. The minimum atomic E-state index is 0.490. The average Bonchev–Trinajstić information content (AvgIpc) is 1.68. The van der Waals surface area contributed by atoms with Crippen LogP contribution < -0.4 is 0 Å². The summed E-state index contributed by atoms with van der Waals surface area (Å²) in [7, 11) is 0. The van der Waals surface area contributed by atoms with Crippen molar-refractivity contribution in [2.24, 2.45) is 9.98 Å². The lowest BCUT2D eigenvalue weighted by molar-refractivity contribution is 1.13. The maximum absolute atomic E-state index is 3.52. The molecule has 2 nitrogen and oxygen atoms in total. The van der Waals surface area contributed by atoms with Gasteiger partial charge in [0, 0.05) is 0 Å². The molecule has 0 aromatic carbocycles. The molecule has 0 radical (unpaired) electrons. The number of hydrogen-bond donors (Lipinski definition) is 0. The molecule has 0 saturated carbocycles. The van der Waals surface area contributed by atoms with Gasteiger partial charge in [-0.2, -0.15) is 0 Å². The first-order valence-electron chi connectivity index (χ1n) is 1.88. The van der Waals surface area contributed by atoms with Gasteiger partial charge in [-0.25, -0.2) is 0 Å². The van der Waals surface area contributed by atoms with Crippen LogP contribution in [0.2, 0.25) is 0 Å². The molecule has 0 aliphatic carbocycles. The summed E-state index contributed by atoms with van der Waals surface area (Å²) in [5, 5.41) is 0. The Morgan fingerprint density at radius 1 is 1.43 bits per heavy atom. The molecule has 0 spiro atoms. The van der Waals surface area contributed by atoms with E-state index in [1.54, 1.807) is 0 Å². The molecule has 0 unspecified atom stereocenters.